The van der Waals surface area contributed by atoms with E-state index in [1.54, 1.807) is 4.90 Å². The van der Waals surface area contributed by atoms with E-state index >= 15 is 0 Å². The molecule has 0 aliphatic carbocycles. The van der Waals surface area contributed by atoms with E-state index in [1.807, 2.05) is 0 Å². The smallest absolute Gasteiger partial charge is 0.313 e. The minimum Gasteiger partial charge on any atom is -0.348 e. The van der Waals surface area contributed by atoms with Crippen LogP contribution in [-0.4, -0.2) is 42.3 Å². The first-order chi connectivity index (χ1) is 11.0. The van der Waals surface area contributed by atoms with Gasteiger partial charge in [-0.15, -0.1) is 0 Å². The van der Waals surface area contributed by atoms with Crippen LogP contribution in [0.3, 0.4) is 0 Å². The fraction of sp³-hybridized carbons (Fsp3) is 0.400. The molecule has 1 fully saturated rings. The van der Waals surface area contributed by atoms with Crippen molar-refractivity contribution in [1.29, 1.82) is 0 Å². The Morgan fingerprint density at radius 2 is 1.83 bits per heavy atom. The van der Waals surface area contributed by atoms with Crippen LogP contribution in [0.4, 0.5) is 5.69 Å². The average Bonchev–Trinajstić information content (AvgIpc) is 2.87. The van der Waals surface area contributed by atoms with Crippen LogP contribution < -0.4 is 10.6 Å². The van der Waals surface area contributed by atoms with Crippen molar-refractivity contribution in [2.75, 3.05) is 25.0 Å². The van der Waals surface area contributed by atoms with Gasteiger partial charge in [-0.1, -0.05) is 23.2 Å². The van der Waals surface area contributed by atoms with Gasteiger partial charge in [0.25, 0.3) is 0 Å². The number of anilines is 1. The Kier molecular flexibility index (Phi) is 6.24. The van der Waals surface area contributed by atoms with Crippen molar-refractivity contribution in [3.63, 3.8) is 0 Å². The van der Waals surface area contributed by atoms with Crippen LogP contribution in [0.1, 0.15) is 19.3 Å². The van der Waals surface area contributed by atoms with E-state index in [1.165, 1.54) is 18.2 Å². The van der Waals surface area contributed by atoms with Gasteiger partial charge in [-0.25, -0.2) is 0 Å². The number of carbonyl (C=O) groups excluding carboxylic acids is 3. The third-order valence-corrected chi connectivity index (χ3v) is 3.82. The van der Waals surface area contributed by atoms with Crippen molar-refractivity contribution in [2.45, 2.75) is 19.3 Å². The molecule has 2 rings (SSSR count). The molecule has 1 aliphatic rings. The lowest BCUT2D eigenvalue weighted by Crippen LogP contribution is -2.37. The molecular formula is C15H17Cl2N3O3. The first-order valence-corrected chi connectivity index (χ1v) is 8.04. The summed E-state index contributed by atoms with van der Waals surface area (Å²) in [7, 11) is 0. The third-order valence-electron chi connectivity index (χ3n) is 3.39. The fourth-order valence-electron chi connectivity index (χ4n) is 2.31. The molecule has 1 aliphatic heterocycles. The van der Waals surface area contributed by atoms with Crippen LogP contribution >= 0.6 is 23.2 Å². The van der Waals surface area contributed by atoms with Gasteiger partial charge in [0.15, 0.2) is 0 Å². The van der Waals surface area contributed by atoms with Crippen molar-refractivity contribution in [3.05, 3.63) is 28.2 Å². The van der Waals surface area contributed by atoms with Gasteiger partial charge in [-0.2, -0.15) is 0 Å². The number of amides is 3. The summed E-state index contributed by atoms with van der Waals surface area (Å²) in [4.78, 5) is 36.7. The molecule has 23 heavy (non-hydrogen) atoms. The van der Waals surface area contributed by atoms with Crippen LogP contribution in [0.5, 0.6) is 0 Å². The molecule has 1 saturated heterocycles. The predicted molar refractivity (Wildman–Crippen MR) is 88.5 cm³/mol. The van der Waals surface area contributed by atoms with Gasteiger partial charge in [-0.3, -0.25) is 14.4 Å². The van der Waals surface area contributed by atoms with Crippen LogP contribution in [0.15, 0.2) is 18.2 Å². The van der Waals surface area contributed by atoms with Crippen molar-refractivity contribution in [1.82, 2.24) is 10.2 Å². The standard InChI is InChI=1S/C15H17Cl2N3O3/c16-10-7-11(17)9-12(8-10)19-15(23)14(22)18-4-2-6-20-5-1-3-13(20)21/h7-9H,1-6H2,(H,18,22)(H,19,23). The number of nitrogens with one attached hydrogen (secondary N) is 2. The van der Waals surface area contributed by atoms with Crippen LogP contribution in [0, 0.1) is 0 Å². The number of halogens is 2. The molecule has 124 valence electrons. The molecule has 1 heterocycles. The lowest BCUT2D eigenvalue weighted by molar-refractivity contribution is -0.136. The Hall–Kier alpha value is -1.79. The molecule has 0 atom stereocenters. The minimum absolute atomic E-state index is 0.145. The minimum atomic E-state index is -0.791. The molecule has 0 bridgehead atoms. The van der Waals surface area contributed by atoms with Gasteiger partial charge in [0.05, 0.1) is 0 Å². The van der Waals surface area contributed by atoms with Gasteiger partial charge < -0.3 is 15.5 Å². The van der Waals surface area contributed by atoms with E-state index in [9.17, 15) is 14.4 Å². The second-order valence-corrected chi connectivity index (χ2v) is 6.08. The molecule has 1 aromatic carbocycles. The third kappa shape index (κ3) is 5.41. The first kappa shape index (κ1) is 17.6. The normalized spacial score (nSPS) is 14.0. The molecule has 0 spiro atoms. The SMILES string of the molecule is O=C(NCCCN1CCCC1=O)C(=O)Nc1cc(Cl)cc(Cl)c1. The van der Waals surface area contributed by atoms with Crippen molar-refractivity contribution in [3.8, 4) is 0 Å². The van der Waals surface area contributed by atoms with Gasteiger partial charge in [0.2, 0.25) is 5.91 Å². The van der Waals surface area contributed by atoms with E-state index < -0.39 is 11.8 Å². The van der Waals surface area contributed by atoms with Crippen molar-refractivity contribution >= 4 is 46.6 Å². The molecule has 2 N–H and O–H groups in total. The fourth-order valence-corrected chi connectivity index (χ4v) is 2.83. The summed E-state index contributed by atoms with van der Waals surface area (Å²) in [5.41, 5.74) is 0.352. The number of rotatable bonds is 5. The van der Waals surface area contributed by atoms with Gasteiger partial charge in [-0.05, 0) is 31.0 Å². The van der Waals surface area contributed by atoms with E-state index in [2.05, 4.69) is 10.6 Å². The van der Waals surface area contributed by atoms with Crippen molar-refractivity contribution in [2.24, 2.45) is 0 Å². The second kappa shape index (κ2) is 8.17. The number of likely N-dealkylation sites (tertiary alicyclic amines) is 1. The largest absolute Gasteiger partial charge is 0.348 e. The molecule has 0 unspecified atom stereocenters. The number of hydrogen-bond acceptors (Lipinski definition) is 3. The summed E-state index contributed by atoms with van der Waals surface area (Å²) in [6.45, 7) is 1.68. The zero-order chi connectivity index (χ0) is 16.8. The molecule has 1 aromatic rings. The zero-order valence-electron chi connectivity index (χ0n) is 12.4. The number of hydrogen-bond donors (Lipinski definition) is 2. The van der Waals surface area contributed by atoms with E-state index in [0.29, 0.717) is 41.7 Å². The molecule has 0 aromatic heterocycles. The summed E-state index contributed by atoms with van der Waals surface area (Å²) in [6.07, 6.45) is 2.08. The maximum Gasteiger partial charge on any atom is 0.313 e. The Morgan fingerprint density at radius 1 is 1.13 bits per heavy atom. The van der Waals surface area contributed by atoms with E-state index in [0.717, 1.165) is 13.0 Å². The summed E-state index contributed by atoms with van der Waals surface area (Å²) >= 11 is 11.6. The van der Waals surface area contributed by atoms with Gasteiger partial charge >= 0.3 is 11.8 Å². The topological polar surface area (TPSA) is 78.5 Å². The second-order valence-electron chi connectivity index (χ2n) is 5.21. The quantitative estimate of drug-likeness (QED) is 0.625. The Labute approximate surface area is 144 Å². The average molecular weight is 358 g/mol. The Morgan fingerprint density at radius 3 is 2.43 bits per heavy atom. The van der Waals surface area contributed by atoms with Crippen molar-refractivity contribution < 1.29 is 14.4 Å². The molecule has 6 nitrogen and oxygen atoms in total. The molecule has 0 saturated carbocycles. The molecule has 0 radical (unpaired) electrons. The lowest BCUT2D eigenvalue weighted by Gasteiger charge is -2.15. The van der Waals surface area contributed by atoms with Gasteiger partial charge in [0, 0.05) is 41.8 Å². The summed E-state index contributed by atoms with van der Waals surface area (Å²) in [5.74, 6) is -1.39. The Balaban J connectivity index is 1.72. The zero-order valence-corrected chi connectivity index (χ0v) is 13.9. The van der Waals surface area contributed by atoms with Crippen LogP contribution in [0.2, 0.25) is 10.0 Å². The highest BCUT2D eigenvalue weighted by Gasteiger charge is 2.19. The maximum atomic E-state index is 11.8. The number of nitrogens with zero attached hydrogens (tertiary/aromatic N) is 1. The molecule has 3 amide bonds. The molecular weight excluding hydrogens is 341 g/mol. The summed E-state index contributed by atoms with van der Waals surface area (Å²) in [5, 5.41) is 5.67. The molecule has 8 heteroatoms. The monoisotopic (exact) mass is 357 g/mol. The van der Waals surface area contributed by atoms with Crippen LogP contribution in [-0.2, 0) is 14.4 Å². The highest BCUT2D eigenvalue weighted by atomic mass is 35.5. The first-order valence-electron chi connectivity index (χ1n) is 7.29. The highest BCUT2D eigenvalue weighted by molar-refractivity contribution is 6.40. The Bertz CT molecular complexity index is 602. The van der Waals surface area contributed by atoms with E-state index in [-0.39, 0.29) is 5.91 Å². The maximum absolute atomic E-state index is 11.8. The number of benzene rings is 1. The highest BCUT2D eigenvalue weighted by Crippen LogP contribution is 2.22. The van der Waals surface area contributed by atoms with Gasteiger partial charge in [0.1, 0.15) is 0 Å². The predicted octanol–water partition coefficient (Wildman–Crippen LogP) is 2.06. The summed E-state index contributed by atoms with van der Waals surface area (Å²) < 4.78 is 0. The van der Waals surface area contributed by atoms with E-state index in [4.69, 9.17) is 23.2 Å². The number of carbonyl (C=O) groups is 3. The lowest BCUT2D eigenvalue weighted by atomic mass is 10.3. The summed E-state index contributed by atoms with van der Waals surface area (Å²) in [6, 6.07) is 4.52. The van der Waals surface area contributed by atoms with Crippen LogP contribution in [0.25, 0.3) is 0 Å².